The standard InChI is InChI=1S/C5H8ClN/c1-3-4-5(6)7-2/h3-4,7H,1H2,2H3/p+1/b5-4-. The van der Waals surface area contributed by atoms with Gasteiger partial charge in [-0.3, -0.25) is 0 Å². The Hall–Kier alpha value is -0.270. The average molecular weight is 119 g/mol. The Kier molecular flexibility index (Phi) is 3.75. The van der Waals surface area contributed by atoms with Gasteiger partial charge >= 0.3 is 0 Å². The van der Waals surface area contributed by atoms with Crippen LogP contribution in [0.5, 0.6) is 0 Å². The summed E-state index contributed by atoms with van der Waals surface area (Å²) >= 11 is 5.50. The normalized spacial score (nSPS) is 11.4. The molecule has 0 amide bonds. The number of quaternary nitrogens is 1. The molecule has 2 heteroatoms. The molecule has 0 bridgehead atoms. The Morgan fingerprint density at radius 2 is 2.43 bits per heavy atom. The van der Waals surface area contributed by atoms with E-state index < -0.39 is 0 Å². The fourth-order valence-corrected chi connectivity index (χ4v) is 0.298. The van der Waals surface area contributed by atoms with Gasteiger partial charge in [-0.25, -0.2) is 0 Å². The largest absolute Gasteiger partial charge is 0.306 e. The summed E-state index contributed by atoms with van der Waals surface area (Å²) in [6, 6.07) is 0. The third-order valence-electron chi connectivity index (χ3n) is 0.553. The van der Waals surface area contributed by atoms with Gasteiger partial charge in [0.2, 0.25) is 0 Å². The van der Waals surface area contributed by atoms with E-state index >= 15 is 0 Å². The van der Waals surface area contributed by atoms with E-state index in [0.29, 0.717) is 0 Å². The first-order valence-electron chi connectivity index (χ1n) is 2.09. The molecular formula is C5H9ClN+. The lowest BCUT2D eigenvalue weighted by atomic mass is 10.6. The molecule has 0 aromatic carbocycles. The Bertz CT molecular complexity index is 86.1. The highest BCUT2D eigenvalue weighted by molar-refractivity contribution is 6.27. The van der Waals surface area contributed by atoms with Crippen molar-refractivity contribution in [3.8, 4) is 0 Å². The van der Waals surface area contributed by atoms with E-state index in [0.717, 1.165) is 5.16 Å². The molecule has 0 spiro atoms. The zero-order valence-electron chi connectivity index (χ0n) is 4.32. The Labute approximate surface area is 48.7 Å². The molecule has 2 N–H and O–H groups in total. The summed E-state index contributed by atoms with van der Waals surface area (Å²) in [5.74, 6) is 0. The highest BCUT2D eigenvalue weighted by atomic mass is 35.5. The van der Waals surface area contributed by atoms with Crippen LogP contribution in [0.25, 0.3) is 0 Å². The van der Waals surface area contributed by atoms with Crippen LogP contribution in [-0.2, 0) is 0 Å². The van der Waals surface area contributed by atoms with E-state index in [1.807, 2.05) is 12.4 Å². The topological polar surface area (TPSA) is 16.6 Å². The molecule has 0 aliphatic carbocycles. The molecule has 0 unspecified atom stereocenters. The Morgan fingerprint density at radius 1 is 1.86 bits per heavy atom. The summed E-state index contributed by atoms with van der Waals surface area (Å²) in [6.07, 6.45) is 3.39. The predicted molar refractivity (Wildman–Crippen MR) is 32.0 cm³/mol. The summed E-state index contributed by atoms with van der Waals surface area (Å²) in [4.78, 5) is 0. The summed E-state index contributed by atoms with van der Waals surface area (Å²) in [5, 5.41) is 2.54. The number of nitrogens with two attached hydrogens (primary N) is 1. The summed E-state index contributed by atoms with van der Waals surface area (Å²) in [6.45, 7) is 3.47. The van der Waals surface area contributed by atoms with Crippen LogP contribution in [0.3, 0.4) is 0 Å². The van der Waals surface area contributed by atoms with Crippen LogP contribution in [0.2, 0.25) is 0 Å². The second-order valence-electron chi connectivity index (χ2n) is 1.08. The molecule has 0 aromatic heterocycles. The highest BCUT2D eigenvalue weighted by Crippen LogP contribution is 1.84. The summed E-state index contributed by atoms with van der Waals surface area (Å²) in [7, 11) is 1.88. The summed E-state index contributed by atoms with van der Waals surface area (Å²) in [5.41, 5.74) is 0. The van der Waals surface area contributed by atoms with Crippen molar-refractivity contribution in [2.75, 3.05) is 7.05 Å². The molecule has 0 atom stereocenters. The maximum Gasteiger partial charge on any atom is 0.197 e. The molecule has 40 valence electrons. The van der Waals surface area contributed by atoms with Crippen LogP contribution in [-0.4, -0.2) is 7.05 Å². The lowest BCUT2D eigenvalue weighted by molar-refractivity contribution is -0.565. The first-order chi connectivity index (χ1) is 3.31. The lowest BCUT2D eigenvalue weighted by Gasteiger charge is -1.82. The van der Waals surface area contributed by atoms with Crippen LogP contribution < -0.4 is 5.32 Å². The van der Waals surface area contributed by atoms with Gasteiger partial charge in [-0.15, -0.1) is 0 Å². The Morgan fingerprint density at radius 3 is 2.57 bits per heavy atom. The van der Waals surface area contributed by atoms with Gasteiger partial charge in [0, 0.05) is 6.08 Å². The number of halogens is 1. The summed E-state index contributed by atoms with van der Waals surface area (Å²) < 4.78 is 0. The molecule has 0 saturated carbocycles. The molecule has 0 saturated heterocycles. The van der Waals surface area contributed by atoms with Gasteiger partial charge < -0.3 is 5.32 Å². The van der Waals surface area contributed by atoms with Gasteiger partial charge in [0.1, 0.15) is 0 Å². The van der Waals surface area contributed by atoms with Crippen LogP contribution in [0.15, 0.2) is 23.9 Å². The molecule has 0 aromatic rings. The first-order valence-corrected chi connectivity index (χ1v) is 2.46. The van der Waals surface area contributed by atoms with E-state index in [9.17, 15) is 0 Å². The van der Waals surface area contributed by atoms with Crippen molar-refractivity contribution in [3.05, 3.63) is 23.9 Å². The van der Waals surface area contributed by atoms with Crippen molar-refractivity contribution < 1.29 is 5.32 Å². The molecule has 0 aliphatic heterocycles. The maximum atomic E-state index is 5.50. The molecule has 7 heavy (non-hydrogen) atoms. The molecule has 1 nitrogen and oxygen atoms in total. The minimum absolute atomic E-state index is 0.731. The first kappa shape index (κ1) is 6.73. The van der Waals surface area contributed by atoms with Crippen LogP contribution in [0.1, 0.15) is 0 Å². The van der Waals surface area contributed by atoms with Crippen LogP contribution >= 0.6 is 11.6 Å². The van der Waals surface area contributed by atoms with Crippen molar-refractivity contribution in [2.24, 2.45) is 0 Å². The van der Waals surface area contributed by atoms with Gasteiger partial charge in [0.15, 0.2) is 5.16 Å². The van der Waals surface area contributed by atoms with Crippen molar-refractivity contribution in [3.63, 3.8) is 0 Å². The van der Waals surface area contributed by atoms with Crippen molar-refractivity contribution in [1.29, 1.82) is 0 Å². The quantitative estimate of drug-likeness (QED) is 0.401. The number of allylic oxidation sites excluding steroid dienone is 2. The van der Waals surface area contributed by atoms with Crippen molar-refractivity contribution >= 4 is 11.6 Å². The van der Waals surface area contributed by atoms with Gasteiger partial charge in [0.25, 0.3) is 0 Å². The molecule has 0 heterocycles. The minimum atomic E-state index is 0.731. The average Bonchev–Trinajstić information content (AvgIpc) is 1.68. The van der Waals surface area contributed by atoms with Crippen molar-refractivity contribution in [2.45, 2.75) is 0 Å². The van der Waals surface area contributed by atoms with Crippen LogP contribution in [0.4, 0.5) is 0 Å². The van der Waals surface area contributed by atoms with E-state index in [1.165, 1.54) is 0 Å². The number of hydrogen-bond donors (Lipinski definition) is 1. The minimum Gasteiger partial charge on any atom is -0.306 e. The zero-order valence-corrected chi connectivity index (χ0v) is 5.07. The highest BCUT2D eigenvalue weighted by Gasteiger charge is 1.82. The molecule has 0 fully saturated rings. The fraction of sp³-hybridized carbons (Fsp3) is 0.200. The van der Waals surface area contributed by atoms with E-state index in [4.69, 9.17) is 11.6 Å². The Balaban J connectivity index is 3.49. The second kappa shape index (κ2) is 3.90. The number of hydrogen-bond acceptors (Lipinski definition) is 0. The second-order valence-corrected chi connectivity index (χ2v) is 1.51. The smallest absolute Gasteiger partial charge is 0.197 e. The molecule has 0 rings (SSSR count). The monoisotopic (exact) mass is 118 g/mol. The van der Waals surface area contributed by atoms with Gasteiger partial charge in [-0.1, -0.05) is 12.7 Å². The van der Waals surface area contributed by atoms with Crippen molar-refractivity contribution in [1.82, 2.24) is 0 Å². The van der Waals surface area contributed by atoms with E-state index in [-0.39, 0.29) is 0 Å². The predicted octanol–water partition coefficient (Wildman–Crippen LogP) is 0.446. The van der Waals surface area contributed by atoms with Crippen LogP contribution in [0, 0.1) is 0 Å². The molecule has 0 radical (unpaired) electrons. The molecule has 0 aliphatic rings. The third-order valence-corrected chi connectivity index (χ3v) is 0.897. The fourth-order valence-electron chi connectivity index (χ4n) is 0.209. The molecular weight excluding hydrogens is 110 g/mol. The van der Waals surface area contributed by atoms with E-state index in [2.05, 4.69) is 6.58 Å². The number of rotatable bonds is 2. The zero-order chi connectivity index (χ0) is 5.70. The SMILES string of the molecule is C=C/C=C(/Cl)[NH2+]C. The van der Waals surface area contributed by atoms with Gasteiger partial charge in [0.05, 0.1) is 7.05 Å². The van der Waals surface area contributed by atoms with Gasteiger partial charge in [-0.2, -0.15) is 0 Å². The van der Waals surface area contributed by atoms with Gasteiger partial charge in [-0.05, 0) is 11.6 Å². The maximum absolute atomic E-state index is 5.50. The van der Waals surface area contributed by atoms with E-state index in [1.54, 1.807) is 12.2 Å². The third kappa shape index (κ3) is 3.56. The lowest BCUT2D eigenvalue weighted by Crippen LogP contribution is -2.75.